The topological polar surface area (TPSA) is 27.7 Å². The van der Waals surface area contributed by atoms with Crippen LogP contribution in [0.3, 0.4) is 0 Å². The first-order valence-electron chi connectivity index (χ1n) is 5.92. The summed E-state index contributed by atoms with van der Waals surface area (Å²) in [6, 6.07) is 0. The van der Waals surface area contributed by atoms with Crippen LogP contribution in [-0.2, 0) is 14.2 Å². The Bertz CT molecular complexity index is 217. The van der Waals surface area contributed by atoms with Crippen LogP contribution in [0.1, 0.15) is 27.2 Å². The van der Waals surface area contributed by atoms with Crippen LogP contribution >= 0.6 is 0 Å². The van der Waals surface area contributed by atoms with Gasteiger partial charge in [0.2, 0.25) is 0 Å². The lowest BCUT2D eigenvalue weighted by Crippen LogP contribution is -2.49. The second kappa shape index (κ2) is 5.80. The second-order valence-electron chi connectivity index (χ2n) is 4.97. The molecule has 1 atom stereocenters. The summed E-state index contributed by atoms with van der Waals surface area (Å²) in [4.78, 5) is 0. The van der Waals surface area contributed by atoms with Crippen LogP contribution in [0.2, 0.25) is 0 Å². The van der Waals surface area contributed by atoms with Crippen molar-refractivity contribution >= 4 is 0 Å². The number of allylic oxidation sites excluding steroid dienone is 1. The molecule has 0 N–H and O–H groups in total. The summed E-state index contributed by atoms with van der Waals surface area (Å²) < 4.78 is 17.0. The van der Waals surface area contributed by atoms with E-state index < -0.39 is 0 Å². The third-order valence-electron chi connectivity index (χ3n) is 3.38. The number of rotatable bonds is 5. The van der Waals surface area contributed by atoms with E-state index in [-0.39, 0.29) is 17.8 Å². The quantitative estimate of drug-likeness (QED) is 0.677. The lowest BCUT2D eigenvalue weighted by Gasteiger charge is -2.43. The van der Waals surface area contributed by atoms with Gasteiger partial charge in [-0.05, 0) is 13.3 Å². The van der Waals surface area contributed by atoms with E-state index in [1.54, 1.807) is 7.11 Å². The first kappa shape index (κ1) is 13.7. The van der Waals surface area contributed by atoms with Crippen molar-refractivity contribution in [2.75, 3.05) is 20.3 Å². The highest BCUT2D eigenvalue weighted by atomic mass is 16.7. The average Bonchev–Trinajstić information content (AvgIpc) is 2.29. The van der Waals surface area contributed by atoms with E-state index in [1.807, 2.05) is 6.08 Å². The maximum absolute atomic E-state index is 5.78. The van der Waals surface area contributed by atoms with Crippen LogP contribution in [0.4, 0.5) is 0 Å². The zero-order valence-electron chi connectivity index (χ0n) is 10.9. The molecular weight excluding hydrogens is 204 g/mol. The van der Waals surface area contributed by atoms with Crippen molar-refractivity contribution in [3.8, 4) is 0 Å². The SMILES string of the molecule is C=CCC1(C(C)OC)COC(C(C)C)OC1. The molecule has 3 heteroatoms. The molecule has 0 saturated carbocycles. The van der Waals surface area contributed by atoms with Gasteiger partial charge in [0.15, 0.2) is 6.29 Å². The first-order chi connectivity index (χ1) is 7.55. The molecule has 3 nitrogen and oxygen atoms in total. The predicted octanol–water partition coefficient (Wildman–Crippen LogP) is 2.61. The zero-order valence-corrected chi connectivity index (χ0v) is 10.9. The zero-order chi connectivity index (χ0) is 12.2. The largest absolute Gasteiger partial charge is 0.381 e. The van der Waals surface area contributed by atoms with E-state index in [0.717, 1.165) is 6.42 Å². The van der Waals surface area contributed by atoms with Gasteiger partial charge in [-0.15, -0.1) is 6.58 Å². The second-order valence-corrected chi connectivity index (χ2v) is 4.97. The molecule has 0 aromatic heterocycles. The molecule has 16 heavy (non-hydrogen) atoms. The average molecular weight is 228 g/mol. The molecule has 1 rings (SSSR count). The Hall–Kier alpha value is -0.380. The summed E-state index contributed by atoms with van der Waals surface area (Å²) >= 11 is 0. The number of ether oxygens (including phenoxy) is 3. The van der Waals surface area contributed by atoms with E-state index in [2.05, 4.69) is 27.4 Å². The van der Waals surface area contributed by atoms with Gasteiger partial charge in [0, 0.05) is 18.4 Å². The summed E-state index contributed by atoms with van der Waals surface area (Å²) in [6.07, 6.45) is 2.80. The number of methoxy groups -OCH3 is 1. The van der Waals surface area contributed by atoms with Gasteiger partial charge in [0.05, 0.1) is 19.3 Å². The van der Waals surface area contributed by atoms with Crippen molar-refractivity contribution in [2.45, 2.75) is 39.6 Å². The molecule has 0 aromatic rings. The molecule has 0 bridgehead atoms. The van der Waals surface area contributed by atoms with Crippen LogP contribution in [0, 0.1) is 11.3 Å². The molecule has 1 aliphatic rings. The highest BCUT2D eigenvalue weighted by molar-refractivity contribution is 4.93. The fourth-order valence-corrected chi connectivity index (χ4v) is 2.03. The summed E-state index contributed by atoms with van der Waals surface area (Å²) in [5.74, 6) is 0.389. The van der Waals surface area contributed by atoms with E-state index in [1.165, 1.54) is 0 Å². The van der Waals surface area contributed by atoms with E-state index in [0.29, 0.717) is 19.1 Å². The molecule has 0 amide bonds. The van der Waals surface area contributed by atoms with Gasteiger partial charge in [0.25, 0.3) is 0 Å². The van der Waals surface area contributed by atoms with Crippen molar-refractivity contribution < 1.29 is 14.2 Å². The molecule has 1 saturated heterocycles. The normalized spacial score (nSPS) is 32.7. The highest BCUT2D eigenvalue weighted by Gasteiger charge is 2.41. The van der Waals surface area contributed by atoms with E-state index in [4.69, 9.17) is 14.2 Å². The minimum Gasteiger partial charge on any atom is -0.381 e. The molecule has 1 fully saturated rings. The monoisotopic (exact) mass is 228 g/mol. The van der Waals surface area contributed by atoms with E-state index >= 15 is 0 Å². The van der Waals surface area contributed by atoms with Crippen LogP contribution < -0.4 is 0 Å². The lowest BCUT2D eigenvalue weighted by atomic mass is 9.80. The van der Waals surface area contributed by atoms with Crippen LogP contribution in [0.5, 0.6) is 0 Å². The Balaban J connectivity index is 2.65. The van der Waals surface area contributed by atoms with Gasteiger partial charge in [-0.1, -0.05) is 19.9 Å². The minimum atomic E-state index is -0.0815. The number of hydrogen-bond donors (Lipinski definition) is 0. The van der Waals surface area contributed by atoms with Crippen LogP contribution in [0.15, 0.2) is 12.7 Å². The molecule has 1 unspecified atom stereocenters. The Labute approximate surface area is 98.8 Å². The molecule has 1 heterocycles. The van der Waals surface area contributed by atoms with Crippen molar-refractivity contribution in [1.82, 2.24) is 0 Å². The fraction of sp³-hybridized carbons (Fsp3) is 0.846. The Morgan fingerprint density at radius 1 is 1.38 bits per heavy atom. The smallest absolute Gasteiger partial charge is 0.159 e. The lowest BCUT2D eigenvalue weighted by molar-refractivity contribution is -0.263. The fourth-order valence-electron chi connectivity index (χ4n) is 2.03. The number of hydrogen-bond acceptors (Lipinski definition) is 3. The molecule has 0 aliphatic carbocycles. The van der Waals surface area contributed by atoms with Gasteiger partial charge >= 0.3 is 0 Å². The Morgan fingerprint density at radius 2 is 1.94 bits per heavy atom. The van der Waals surface area contributed by atoms with Gasteiger partial charge in [-0.2, -0.15) is 0 Å². The molecule has 0 aromatic carbocycles. The Morgan fingerprint density at radius 3 is 2.31 bits per heavy atom. The predicted molar refractivity (Wildman–Crippen MR) is 64.2 cm³/mol. The van der Waals surface area contributed by atoms with Crippen molar-refractivity contribution in [3.05, 3.63) is 12.7 Å². The van der Waals surface area contributed by atoms with Gasteiger partial charge in [-0.25, -0.2) is 0 Å². The molecule has 94 valence electrons. The van der Waals surface area contributed by atoms with Crippen molar-refractivity contribution in [3.63, 3.8) is 0 Å². The summed E-state index contributed by atoms with van der Waals surface area (Å²) in [5, 5.41) is 0. The van der Waals surface area contributed by atoms with Crippen LogP contribution in [0.25, 0.3) is 0 Å². The summed E-state index contributed by atoms with van der Waals surface area (Å²) in [7, 11) is 1.73. The highest BCUT2D eigenvalue weighted by Crippen LogP contribution is 2.35. The van der Waals surface area contributed by atoms with Crippen LogP contribution in [-0.4, -0.2) is 32.7 Å². The molecule has 0 spiro atoms. The standard InChI is InChI=1S/C13H24O3/c1-6-7-13(11(4)14-5)8-15-12(10(2)3)16-9-13/h6,10-12H,1,7-9H2,2-5H3. The summed E-state index contributed by atoms with van der Waals surface area (Å²) in [6.45, 7) is 11.4. The summed E-state index contributed by atoms with van der Waals surface area (Å²) in [5.41, 5.74) is -0.0815. The van der Waals surface area contributed by atoms with Crippen molar-refractivity contribution in [2.24, 2.45) is 11.3 Å². The third kappa shape index (κ3) is 2.84. The minimum absolute atomic E-state index is 0.0815. The third-order valence-corrected chi connectivity index (χ3v) is 3.38. The Kier molecular flexibility index (Phi) is 4.96. The molecule has 0 radical (unpaired) electrons. The first-order valence-corrected chi connectivity index (χ1v) is 5.92. The van der Waals surface area contributed by atoms with Gasteiger partial charge < -0.3 is 14.2 Å². The molecular formula is C13H24O3. The van der Waals surface area contributed by atoms with Gasteiger partial charge in [-0.3, -0.25) is 0 Å². The van der Waals surface area contributed by atoms with Crippen molar-refractivity contribution in [1.29, 1.82) is 0 Å². The maximum atomic E-state index is 5.78. The van der Waals surface area contributed by atoms with Gasteiger partial charge in [0.1, 0.15) is 0 Å². The van der Waals surface area contributed by atoms with E-state index in [9.17, 15) is 0 Å². The maximum Gasteiger partial charge on any atom is 0.159 e. The molecule has 1 aliphatic heterocycles.